The van der Waals surface area contributed by atoms with Gasteiger partial charge in [0.2, 0.25) is 0 Å². The third kappa shape index (κ3) is 91.1. The number of hydrogen-bond acceptors (Lipinski definition) is 13. The molecule has 14 nitrogen and oxygen atoms in total. The molecule has 0 spiro atoms. The van der Waals surface area contributed by atoms with Gasteiger partial charge in [0.15, 0.2) is 0 Å². The number of piperazine rings is 1. The second-order valence-electron chi connectivity index (χ2n) is 23.1. The second kappa shape index (κ2) is 78.3. The Balaban J connectivity index is -0.000000159. The first-order valence-corrected chi connectivity index (χ1v) is 33.7. The Kier molecular flexibility index (Phi) is 87.1. The van der Waals surface area contributed by atoms with Crippen molar-refractivity contribution in [1.29, 1.82) is 0 Å². The van der Waals surface area contributed by atoms with Gasteiger partial charge in [-0.05, 0) is 212 Å². The molecule has 0 aliphatic carbocycles. The standard InChI is InChI=1S/C8H11N.C7H17N.C7H8.C6H14N2.C6H7N.C6H13N.C5H11NO.C5H11N.C5H13N.C4H6N2.C4H10.C3H9N.C3H8.C2H7N.C2H6/c1-9(2)8-6-4-3-5-7-8;1-5-6-8(4)7(2)3;1-7-5-3-2-4-6-7;1-7-3-5-8(2)6-4-7;1-6-2-4-7-5-3-6;1-7-5-3-2-4-6-7;1-6-2-4-7-5-3-6;1-6-4-2-3-5-6;1-4-6(3)5-2;1-6-3-2-5-4-6;1-3-4-2;1-4(2)3;1-3-2;1-2-3;1-2/h3-7H,1-2H3;7H,5-6H2,1-4H3;2-6H,1H3;3-6H2,1-2H3;2-5H,1H3;2-6H2,1H3;2-5H2,1H3;2-5H2,1H3;4-5H2,1-3H3;2-4H,1H3;3-4H2,1-2H3;1-3H3;3H2,1-2H3;2-3H2,1H3;1-2H3. The molecule has 0 amide bonds. The van der Waals surface area contributed by atoms with Crippen molar-refractivity contribution in [3.8, 4) is 0 Å². The fourth-order valence-corrected chi connectivity index (χ4v) is 6.34. The van der Waals surface area contributed by atoms with Crippen LogP contribution < -0.4 is 10.6 Å². The van der Waals surface area contributed by atoms with Crippen molar-refractivity contribution in [3.63, 3.8) is 0 Å². The van der Waals surface area contributed by atoms with Gasteiger partial charge < -0.3 is 59.1 Å². The summed E-state index contributed by atoms with van der Waals surface area (Å²) in [5.74, 6) is 0. The number of likely N-dealkylation sites (tertiary alicyclic amines) is 2. The van der Waals surface area contributed by atoms with E-state index in [-0.39, 0.29) is 0 Å². The average molecular weight is 1230 g/mol. The average Bonchev–Trinajstić information content (AvgIpc) is 4.28. The van der Waals surface area contributed by atoms with Crippen molar-refractivity contribution in [2.45, 2.75) is 161 Å². The number of unbranched alkanes of at least 4 members (excludes halogenated alkanes) is 1. The lowest BCUT2D eigenvalue weighted by atomic mass is 10.1. The van der Waals surface area contributed by atoms with E-state index in [2.05, 4.69) is 192 Å². The molecule has 0 radical (unpaired) electrons. The van der Waals surface area contributed by atoms with Crippen molar-refractivity contribution < 1.29 is 4.74 Å². The third-order valence-corrected chi connectivity index (χ3v) is 12.6. The SMILES string of the molecule is CC.CCC.CCCC.CCCN(C)C(C)C.CCN.CCN(C)CC.CN(C)C.CN(C)c1ccccc1.CN1CCCC1.CN1CCCCC1.CN1CCN(C)CC1.CN1CCOCC1.Cc1ccccc1.Cc1ccncc1.Cn1ccnc1. The molecule has 0 saturated carbocycles. The van der Waals surface area contributed by atoms with Crippen LogP contribution in [0.1, 0.15) is 152 Å². The first kappa shape index (κ1) is 96.8. The van der Waals surface area contributed by atoms with E-state index in [4.69, 9.17) is 10.5 Å². The molecule has 4 aliphatic heterocycles. The number of aryl methyl sites for hydroxylation is 3. The Morgan fingerprint density at radius 2 is 0.828 bits per heavy atom. The molecule has 2 aromatic heterocycles. The lowest BCUT2D eigenvalue weighted by molar-refractivity contribution is 0.0503. The fourth-order valence-electron chi connectivity index (χ4n) is 6.34. The Bertz CT molecular complexity index is 1640. The van der Waals surface area contributed by atoms with Gasteiger partial charge in [0.1, 0.15) is 0 Å². The van der Waals surface area contributed by atoms with Crippen LogP contribution >= 0.6 is 0 Å². The van der Waals surface area contributed by atoms with E-state index >= 15 is 0 Å². The van der Waals surface area contributed by atoms with Gasteiger partial charge in [0, 0.05) is 96.9 Å². The first-order chi connectivity index (χ1) is 41.4. The molecule has 87 heavy (non-hydrogen) atoms. The summed E-state index contributed by atoms with van der Waals surface area (Å²) in [5.41, 5.74) is 8.68. The number of aromatic nitrogens is 3. The molecule has 14 heteroatoms. The zero-order valence-electron chi connectivity index (χ0n) is 62.9. The highest BCUT2D eigenvalue weighted by atomic mass is 16.5. The summed E-state index contributed by atoms with van der Waals surface area (Å²) in [6.45, 7) is 48.1. The topological polar surface area (TPSA) is 95.1 Å². The van der Waals surface area contributed by atoms with Gasteiger partial charge >= 0.3 is 0 Å². The van der Waals surface area contributed by atoms with Crippen LogP contribution in [-0.2, 0) is 11.8 Å². The van der Waals surface area contributed by atoms with E-state index in [1.165, 1.54) is 134 Å². The van der Waals surface area contributed by atoms with E-state index in [9.17, 15) is 0 Å². The van der Waals surface area contributed by atoms with E-state index in [1.807, 2.05) is 134 Å². The molecular weight excluding hydrogens is 1070 g/mol. The molecule has 8 rings (SSSR count). The summed E-state index contributed by atoms with van der Waals surface area (Å²) < 4.78 is 6.99. The van der Waals surface area contributed by atoms with Crippen molar-refractivity contribution in [2.24, 2.45) is 12.8 Å². The predicted octanol–water partition coefficient (Wildman–Crippen LogP) is 14.3. The highest BCUT2D eigenvalue weighted by Crippen LogP contribution is 2.08. The molecule has 4 saturated heterocycles. The van der Waals surface area contributed by atoms with Crippen molar-refractivity contribution >= 4 is 5.69 Å². The van der Waals surface area contributed by atoms with Gasteiger partial charge in [-0.2, -0.15) is 0 Å². The van der Waals surface area contributed by atoms with Crippen LogP contribution in [0.2, 0.25) is 0 Å². The van der Waals surface area contributed by atoms with Gasteiger partial charge in [0.05, 0.1) is 19.5 Å². The first-order valence-electron chi connectivity index (χ1n) is 33.7. The number of likely N-dealkylation sites (N-methyl/N-ethyl adjacent to an activating group) is 3. The maximum Gasteiger partial charge on any atom is 0.0943 e. The molecule has 0 unspecified atom stereocenters. The molecular formula is C73H151N13O. The van der Waals surface area contributed by atoms with Crippen LogP contribution in [0.25, 0.3) is 0 Å². The smallest absolute Gasteiger partial charge is 0.0943 e. The van der Waals surface area contributed by atoms with Crippen LogP contribution in [0, 0.1) is 13.8 Å². The molecule has 6 heterocycles. The van der Waals surface area contributed by atoms with Gasteiger partial charge in [-0.25, -0.2) is 4.98 Å². The van der Waals surface area contributed by atoms with Gasteiger partial charge in [-0.15, -0.1) is 0 Å². The Labute approximate surface area is 544 Å². The second-order valence-corrected chi connectivity index (χ2v) is 23.1. The number of hydrogen-bond donors (Lipinski definition) is 1. The normalized spacial score (nSPS) is 14.2. The van der Waals surface area contributed by atoms with Crippen LogP contribution in [0.3, 0.4) is 0 Å². The number of morpholine rings is 1. The maximum absolute atomic E-state index is 5.10. The molecule has 514 valence electrons. The van der Waals surface area contributed by atoms with Crippen molar-refractivity contribution in [3.05, 3.63) is 115 Å². The monoisotopic (exact) mass is 1230 g/mol. The van der Waals surface area contributed by atoms with E-state index in [0.29, 0.717) is 6.04 Å². The van der Waals surface area contributed by atoms with Crippen LogP contribution in [-0.4, -0.2) is 249 Å². The van der Waals surface area contributed by atoms with Gasteiger partial charge in [0.25, 0.3) is 0 Å². The van der Waals surface area contributed by atoms with Crippen molar-refractivity contribution in [2.75, 3.05) is 194 Å². The summed E-state index contributed by atoms with van der Waals surface area (Å²) in [5, 5.41) is 0. The molecule has 2 N–H and O–H groups in total. The number of pyridine rings is 1. The number of nitrogens with two attached hydrogens (primary N) is 1. The molecule has 4 aromatic rings. The maximum atomic E-state index is 5.10. The third-order valence-electron chi connectivity index (χ3n) is 12.6. The Morgan fingerprint density at radius 1 is 0.483 bits per heavy atom. The largest absolute Gasteiger partial charge is 0.379 e. The number of benzene rings is 2. The lowest BCUT2D eigenvalue weighted by Gasteiger charge is -2.28. The summed E-state index contributed by atoms with van der Waals surface area (Å²) in [6.07, 6.45) is 21.2. The highest BCUT2D eigenvalue weighted by Gasteiger charge is 2.08. The number of piperidine rings is 1. The number of ether oxygens (including phenoxy) is 1. The highest BCUT2D eigenvalue weighted by molar-refractivity contribution is 5.43. The molecule has 4 fully saturated rings. The van der Waals surface area contributed by atoms with Crippen LogP contribution in [0.5, 0.6) is 0 Å². The minimum absolute atomic E-state index is 0.704. The van der Waals surface area contributed by atoms with E-state index in [0.717, 1.165) is 45.9 Å². The minimum atomic E-state index is 0.704. The molecule has 0 atom stereocenters. The van der Waals surface area contributed by atoms with Crippen molar-refractivity contribution in [1.82, 2.24) is 53.7 Å². The zero-order valence-corrected chi connectivity index (χ0v) is 62.9. The molecule has 0 bridgehead atoms. The number of imidazole rings is 1. The Morgan fingerprint density at radius 3 is 0.989 bits per heavy atom. The Hall–Kier alpha value is -3.80. The number of nitrogens with zero attached hydrogens (tertiary/aromatic N) is 12. The van der Waals surface area contributed by atoms with Gasteiger partial charge in [-0.3, -0.25) is 4.98 Å². The summed E-state index contributed by atoms with van der Waals surface area (Å²) >= 11 is 0. The van der Waals surface area contributed by atoms with Gasteiger partial charge in [-0.1, -0.05) is 149 Å². The minimum Gasteiger partial charge on any atom is -0.379 e. The number of para-hydroxylation sites is 1. The summed E-state index contributed by atoms with van der Waals surface area (Å²) in [6, 6.07) is 25.2. The van der Waals surface area contributed by atoms with E-state index in [1.54, 1.807) is 24.9 Å². The van der Waals surface area contributed by atoms with E-state index < -0.39 is 0 Å². The molecule has 4 aliphatic rings. The number of anilines is 1. The lowest BCUT2D eigenvalue weighted by Crippen LogP contribution is -2.42. The summed E-state index contributed by atoms with van der Waals surface area (Å²) in [7, 11) is 27.1. The predicted molar refractivity (Wildman–Crippen MR) is 395 cm³/mol. The number of rotatable bonds is 7. The van der Waals surface area contributed by atoms with Crippen LogP contribution in [0.4, 0.5) is 5.69 Å². The quantitative estimate of drug-likeness (QED) is 0.190. The summed E-state index contributed by atoms with van der Waals surface area (Å²) in [4.78, 5) is 28.1. The van der Waals surface area contributed by atoms with Crippen LogP contribution in [0.15, 0.2) is 104 Å². The zero-order chi connectivity index (χ0) is 67.9. The molecule has 2 aromatic carbocycles. The fraction of sp³-hybridized carbons (Fsp3) is 0.726.